The number of aromatic hydroxyl groups is 1. The average molecular weight is 252 g/mol. The SMILES string of the molecule is CC(C)c1cc(Cl)c(O)c(C2(N=C=O)CC2)c1. The second-order valence-corrected chi connectivity index (χ2v) is 5.20. The zero-order chi connectivity index (χ0) is 12.6. The van der Waals surface area contributed by atoms with Crippen molar-refractivity contribution < 1.29 is 9.90 Å². The molecular weight excluding hydrogens is 238 g/mol. The number of isocyanates is 1. The molecule has 0 heterocycles. The number of phenols is 1. The van der Waals surface area contributed by atoms with Crippen LogP contribution in [0.1, 0.15) is 43.7 Å². The van der Waals surface area contributed by atoms with E-state index in [0.29, 0.717) is 16.5 Å². The van der Waals surface area contributed by atoms with Crippen LogP contribution >= 0.6 is 11.6 Å². The van der Waals surface area contributed by atoms with Crippen LogP contribution in [0.4, 0.5) is 0 Å². The zero-order valence-corrected chi connectivity index (χ0v) is 10.6. The van der Waals surface area contributed by atoms with Crippen LogP contribution in [0.3, 0.4) is 0 Å². The molecule has 1 aliphatic rings. The van der Waals surface area contributed by atoms with Gasteiger partial charge in [0.25, 0.3) is 0 Å². The third-order valence-electron chi connectivity index (χ3n) is 3.24. The zero-order valence-electron chi connectivity index (χ0n) is 9.83. The quantitative estimate of drug-likeness (QED) is 0.660. The van der Waals surface area contributed by atoms with E-state index >= 15 is 0 Å². The lowest BCUT2D eigenvalue weighted by molar-refractivity contribution is 0.459. The summed E-state index contributed by atoms with van der Waals surface area (Å²) in [7, 11) is 0. The Morgan fingerprint density at radius 2 is 2.12 bits per heavy atom. The van der Waals surface area contributed by atoms with Crippen molar-refractivity contribution in [2.24, 2.45) is 4.99 Å². The summed E-state index contributed by atoms with van der Waals surface area (Å²) in [6.07, 6.45) is 3.10. The van der Waals surface area contributed by atoms with Crippen LogP contribution < -0.4 is 0 Å². The molecular formula is C13H14ClNO2. The van der Waals surface area contributed by atoms with Crippen LogP contribution in [0.5, 0.6) is 5.75 Å². The molecule has 2 rings (SSSR count). The lowest BCUT2D eigenvalue weighted by Crippen LogP contribution is -2.04. The van der Waals surface area contributed by atoms with Gasteiger partial charge in [-0.2, -0.15) is 4.99 Å². The molecule has 0 atom stereocenters. The fourth-order valence-corrected chi connectivity index (χ4v) is 2.18. The van der Waals surface area contributed by atoms with Gasteiger partial charge in [0.2, 0.25) is 6.08 Å². The minimum atomic E-state index is -0.583. The number of phenolic OH excluding ortho intramolecular Hbond substituents is 1. The van der Waals surface area contributed by atoms with Gasteiger partial charge in [0.1, 0.15) is 11.3 Å². The van der Waals surface area contributed by atoms with E-state index < -0.39 is 5.54 Å². The predicted molar refractivity (Wildman–Crippen MR) is 66.2 cm³/mol. The molecule has 1 fully saturated rings. The van der Waals surface area contributed by atoms with E-state index in [-0.39, 0.29) is 5.75 Å². The summed E-state index contributed by atoms with van der Waals surface area (Å²) in [6.45, 7) is 4.10. The number of nitrogens with zero attached hydrogens (tertiary/aromatic N) is 1. The molecule has 1 N–H and O–H groups in total. The second-order valence-electron chi connectivity index (χ2n) is 4.79. The van der Waals surface area contributed by atoms with Crippen molar-refractivity contribution in [1.82, 2.24) is 0 Å². The summed E-state index contributed by atoms with van der Waals surface area (Å²) >= 11 is 6.01. The summed E-state index contributed by atoms with van der Waals surface area (Å²) < 4.78 is 0. The molecule has 0 unspecified atom stereocenters. The van der Waals surface area contributed by atoms with E-state index in [4.69, 9.17) is 11.6 Å². The highest BCUT2D eigenvalue weighted by atomic mass is 35.5. The van der Waals surface area contributed by atoms with Gasteiger partial charge >= 0.3 is 0 Å². The summed E-state index contributed by atoms with van der Waals surface area (Å²) in [6, 6.07) is 3.64. The van der Waals surface area contributed by atoms with Gasteiger partial charge in [0, 0.05) is 5.56 Å². The minimum absolute atomic E-state index is 0.0348. The summed E-state index contributed by atoms with van der Waals surface area (Å²) in [5.74, 6) is 0.343. The van der Waals surface area contributed by atoms with Crippen LogP contribution in [0.25, 0.3) is 0 Å². The maximum Gasteiger partial charge on any atom is 0.235 e. The highest BCUT2D eigenvalue weighted by molar-refractivity contribution is 6.32. The molecule has 90 valence electrons. The van der Waals surface area contributed by atoms with Crippen molar-refractivity contribution in [1.29, 1.82) is 0 Å². The number of carbonyl (C=O) groups excluding carboxylic acids is 1. The Hall–Kier alpha value is -1.31. The Kier molecular flexibility index (Phi) is 2.98. The fraction of sp³-hybridized carbons (Fsp3) is 0.462. The predicted octanol–water partition coefficient (Wildman–Crippen LogP) is 3.49. The van der Waals surface area contributed by atoms with Gasteiger partial charge in [0.05, 0.1) is 5.02 Å². The van der Waals surface area contributed by atoms with Crippen LogP contribution in [0, 0.1) is 0 Å². The molecule has 0 aliphatic heterocycles. The van der Waals surface area contributed by atoms with E-state index in [1.807, 2.05) is 6.07 Å². The van der Waals surface area contributed by atoms with Crippen molar-refractivity contribution in [2.45, 2.75) is 38.1 Å². The fourth-order valence-electron chi connectivity index (χ4n) is 1.96. The van der Waals surface area contributed by atoms with Gasteiger partial charge in [-0.25, -0.2) is 4.79 Å². The van der Waals surface area contributed by atoms with E-state index in [1.54, 1.807) is 12.1 Å². The Bertz CT molecular complexity index is 500. The maximum atomic E-state index is 10.4. The van der Waals surface area contributed by atoms with E-state index in [9.17, 15) is 9.90 Å². The van der Waals surface area contributed by atoms with Gasteiger partial charge in [-0.05, 0) is 36.5 Å². The first-order chi connectivity index (χ1) is 8.00. The molecule has 0 spiro atoms. The van der Waals surface area contributed by atoms with Crippen molar-refractivity contribution in [3.8, 4) is 5.75 Å². The van der Waals surface area contributed by atoms with Crippen molar-refractivity contribution in [3.63, 3.8) is 0 Å². The van der Waals surface area contributed by atoms with Crippen molar-refractivity contribution in [3.05, 3.63) is 28.3 Å². The Balaban J connectivity index is 2.57. The van der Waals surface area contributed by atoms with Gasteiger partial charge in [-0.3, -0.25) is 0 Å². The normalized spacial score (nSPS) is 16.7. The summed E-state index contributed by atoms with van der Waals surface area (Å²) in [5, 5.41) is 10.3. The highest BCUT2D eigenvalue weighted by Crippen LogP contribution is 2.53. The van der Waals surface area contributed by atoms with E-state index in [2.05, 4.69) is 18.8 Å². The Morgan fingerprint density at radius 1 is 1.47 bits per heavy atom. The third-order valence-corrected chi connectivity index (χ3v) is 3.53. The van der Waals surface area contributed by atoms with Crippen molar-refractivity contribution in [2.75, 3.05) is 0 Å². The molecule has 0 radical (unpaired) electrons. The molecule has 3 nitrogen and oxygen atoms in total. The smallest absolute Gasteiger partial charge is 0.235 e. The van der Waals surface area contributed by atoms with Gasteiger partial charge in [0.15, 0.2) is 0 Å². The average Bonchev–Trinajstić information content (AvgIpc) is 3.03. The van der Waals surface area contributed by atoms with E-state index in [0.717, 1.165) is 18.4 Å². The number of halogens is 1. The first-order valence-corrected chi connectivity index (χ1v) is 6.00. The van der Waals surface area contributed by atoms with Crippen LogP contribution in [-0.2, 0) is 10.3 Å². The minimum Gasteiger partial charge on any atom is -0.506 e. The monoisotopic (exact) mass is 251 g/mol. The molecule has 0 aromatic heterocycles. The molecule has 1 aromatic carbocycles. The van der Waals surface area contributed by atoms with Crippen LogP contribution in [-0.4, -0.2) is 11.2 Å². The molecule has 0 saturated heterocycles. The maximum absolute atomic E-state index is 10.4. The van der Waals surface area contributed by atoms with Gasteiger partial charge in [-0.1, -0.05) is 25.4 Å². The second kappa shape index (κ2) is 4.17. The number of hydrogen-bond donors (Lipinski definition) is 1. The lowest BCUT2D eigenvalue weighted by atomic mass is 9.96. The number of aliphatic imine (C=N–C) groups is 1. The van der Waals surface area contributed by atoms with Gasteiger partial charge < -0.3 is 5.11 Å². The number of rotatable bonds is 3. The molecule has 1 aromatic rings. The highest BCUT2D eigenvalue weighted by Gasteiger charge is 2.47. The lowest BCUT2D eigenvalue weighted by Gasteiger charge is -2.15. The topological polar surface area (TPSA) is 49.7 Å². The molecule has 0 bridgehead atoms. The van der Waals surface area contributed by atoms with Crippen LogP contribution in [0.15, 0.2) is 17.1 Å². The van der Waals surface area contributed by atoms with Gasteiger partial charge in [-0.15, -0.1) is 0 Å². The summed E-state index contributed by atoms with van der Waals surface area (Å²) in [5.41, 5.74) is 1.10. The summed E-state index contributed by atoms with van der Waals surface area (Å²) in [4.78, 5) is 14.3. The Labute approximate surface area is 105 Å². The first-order valence-electron chi connectivity index (χ1n) is 5.62. The Morgan fingerprint density at radius 3 is 2.59 bits per heavy atom. The van der Waals surface area contributed by atoms with E-state index in [1.165, 1.54) is 0 Å². The molecule has 4 heteroatoms. The standard InChI is InChI=1S/C13H14ClNO2/c1-8(2)9-5-10(12(17)11(14)6-9)13(3-4-13)15-7-16/h5-6,8,17H,3-4H2,1-2H3. The number of benzene rings is 1. The number of hydrogen-bond acceptors (Lipinski definition) is 3. The molecule has 17 heavy (non-hydrogen) atoms. The van der Waals surface area contributed by atoms with Crippen LogP contribution in [0.2, 0.25) is 5.02 Å². The first kappa shape index (κ1) is 12.2. The van der Waals surface area contributed by atoms with Crippen molar-refractivity contribution >= 4 is 17.7 Å². The molecule has 1 aliphatic carbocycles. The largest absolute Gasteiger partial charge is 0.506 e. The molecule has 1 saturated carbocycles. The third kappa shape index (κ3) is 2.08. The molecule has 0 amide bonds.